The van der Waals surface area contributed by atoms with Crippen LogP contribution in [0.4, 0.5) is 0 Å². The molecule has 0 spiro atoms. The van der Waals surface area contributed by atoms with Crippen LogP contribution >= 0.6 is 0 Å². The number of amides is 1. The zero-order valence-corrected chi connectivity index (χ0v) is 15.2. The van der Waals surface area contributed by atoms with E-state index in [1.165, 1.54) is 17.5 Å². The number of nitrogens with zero attached hydrogens (tertiary/aromatic N) is 3. The normalized spacial score (nSPS) is 18.0. The van der Waals surface area contributed by atoms with E-state index in [0.717, 1.165) is 38.4 Å². The van der Waals surface area contributed by atoms with Crippen molar-refractivity contribution in [2.45, 2.75) is 25.6 Å². The molecule has 2 aromatic rings. The number of aromatic nitrogens is 2. The maximum Gasteiger partial charge on any atom is 0.270 e. The molecule has 0 unspecified atom stereocenters. The van der Waals surface area contributed by atoms with Gasteiger partial charge in [0.05, 0.1) is 19.3 Å². The summed E-state index contributed by atoms with van der Waals surface area (Å²) in [6.07, 6.45) is 1.58. The molecule has 4 rings (SSSR count). The molecule has 7 heteroatoms. The molecule has 27 heavy (non-hydrogen) atoms. The molecule has 2 aliphatic heterocycles. The summed E-state index contributed by atoms with van der Waals surface area (Å²) >= 11 is 0. The van der Waals surface area contributed by atoms with Gasteiger partial charge in [-0.25, -0.2) is 9.97 Å². The summed E-state index contributed by atoms with van der Waals surface area (Å²) in [5, 5.41) is 13.1. The fourth-order valence-corrected chi connectivity index (χ4v) is 3.53. The fourth-order valence-electron chi connectivity index (χ4n) is 3.53. The fraction of sp³-hybridized carbons (Fsp3) is 0.450. The van der Waals surface area contributed by atoms with Gasteiger partial charge in [-0.2, -0.15) is 0 Å². The van der Waals surface area contributed by atoms with Crippen molar-refractivity contribution in [2.75, 3.05) is 26.3 Å². The minimum atomic E-state index is -0.628. The highest BCUT2D eigenvalue weighted by Gasteiger charge is 2.22. The molecule has 0 radical (unpaired) electrons. The predicted octanol–water partition coefficient (Wildman–Crippen LogP) is 0.772. The molecule has 1 aromatic carbocycles. The van der Waals surface area contributed by atoms with Crippen LogP contribution < -0.4 is 5.32 Å². The van der Waals surface area contributed by atoms with Gasteiger partial charge in [-0.05, 0) is 23.6 Å². The first-order valence-electron chi connectivity index (χ1n) is 9.31. The van der Waals surface area contributed by atoms with Crippen molar-refractivity contribution in [3.63, 3.8) is 0 Å². The van der Waals surface area contributed by atoms with Crippen LogP contribution in [0.5, 0.6) is 0 Å². The minimum Gasteiger partial charge on any atom is -0.390 e. The van der Waals surface area contributed by atoms with Crippen LogP contribution in [0.1, 0.15) is 27.3 Å². The Hall–Kier alpha value is -2.35. The molecule has 0 saturated carbocycles. The molecule has 3 heterocycles. The molecule has 2 N–H and O–H groups in total. The highest BCUT2D eigenvalue weighted by molar-refractivity contribution is 5.92. The molecule has 0 bridgehead atoms. The van der Waals surface area contributed by atoms with Crippen molar-refractivity contribution in [1.29, 1.82) is 0 Å². The zero-order chi connectivity index (χ0) is 18.6. The lowest BCUT2D eigenvalue weighted by atomic mass is 10.0. The quantitative estimate of drug-likeness (QED) is 0.751. The number of rotatable bonds is 7. The summed E-state index contributed by atoms with van der Waals surface area (Å²) in [4.78, 5) is 22.8. The number of ether oxygens (including phenoxy) is 1. The third kappa shape index (κ3) is 4.50. The second-order valence-corrected chi connectivity index (χ2v) is 7.30. The number of hydrogen-bond acceptors (Lipinski definition) is 6. The monoisotopic (exact) mass is 368 g/mol. The van der Waals surface area contributed by atoms with Crippen molar-refractivity contribution in [3.8, 4) is 0 Å². The Kier molecular flexibility index (Phi) is 5.42. The molecule has 7 nitrogen and oxygen atoms in total. The molecular formula is C20H24N4O3. The molecule has 1 atom stereocenters. The number of carbonyl (C=O) groups is 1. The number of aliphatic hydroxyl groups excluding tert-OH is 1. The van der Waals surface area contributed by atoms with Gasteiger partial charge in [-0.3, -0.25) is 9.69 Å². The molecule has 0 aliphatic carbocycles. The van der Waals surface area contributed by atoms with Crippen molar-refractivity contribution in [1.82, 2.24) is 20.2 Å². The first-order chi connectivity index (χ1) is 13.2. The summed E-state index contributed by atoms with van der Waals surface area (Å²) in [6.45, 7) is 3.88. The maximum atomic E-state index is 12.3. The number of aliphatic hydroxyl groups is 1. The van der Waals surface area contributed by atoms with E-state index in [4.69, 9.17) is 4.74 Å². The molecule has 1 aromatic heterocycles. The Balaban J connectivity index is 1.25. The molecule has 1 amide bonds. The average Bonchev–Trinajstić information content (AvgIpc) is 3.05. The standard InChI is InChI=1S/C20H24N4O3/c25-18(10-24-8-15-3-1-2-4-16(15)9-24)7-21-20(26)19-6-17(22-13-23-19)5-14-11-27-12-14/h1-4,6,13-14,18,25H,5,7-12H2,(H,21,26)/t18-/m0/s1. The van der Waals surface area contributed by atoms with Crippen LogP contribution in [0.3, 0.4) is 0 Å². The number of nitrogens with one attached hydrogen (secondary N) is 1. The lowest BCUT2D eigenvalue weighted by Gasteiger charge is -2.25. The van der Waals surface area contributed by atoms with E-state index in [1.807, 2.05) is 12.1 Å². The van der Waals surface area contributed by atoms with Gasteiger partial charge in [0, 0.05) is 37.8 Å². The summed E-state index contributed by atoms with van der Waals surface area (Å²) < 4.78 is 5.17. The molecule has 1 saturated heterocycles. The third-order valence-electron chi connectivity index (χ3n) is 5.03. The highest BCUT2D eigenvalue weighted by Crippen LogP contribution is 2.22. The van der Waals surface area contributed by atoms with Crippen molar-refractivity contribution in [2.24, 2.45) is 5.92 Å². The Morgan fingerprint density at radius 3 is 2.67 bits per heavy atom. The van der Waals surface area contributed by atoms with Crippen molar-refractivity contribution >= 4 is 5.91 Å². The maximum absolute atomic E-state index is 12.3. The number of β-amino-alcohol motifs (C(OH)–C–C–N with tert-alkyl or cyclic N) is 1. The van der Waals surface area contributed by atoms with E-state index in [0.29, 0.717) is 18.2 Å². The van der Waals surface area contributed by atoms with Crippen molar-refractivity contribution < 1.29 is 14.6 Å². The van der Waals surface area contributed by atoms with Gasteiger partial charge >= 0.3 is 0 Å². The lowest BCUT2D eigenvalue weighted by molar-refractivity contribution is -0.0316. The van der Waals surface area contributed by atoms with E-state index >= 15 is 0 Å². The molecule has 142 valence electrons. The summed E-state index contributed by atoms with van der Waals surface area (Å²) in [5.41, 5.74) is 3.79. The molecule has 2 aliphatic rings. The Bertz CT molecular complexity index is 784. The number of benzene rings is 1. The third-order valence-corrected chi connectivity index (χ3v) is 5.03. The van der Waals surface area contributed by atoms with E-state index < -0.39 is 6.10 Å². The number of carbonyl (C=O) groups excluding carboxylic acids is 1. The smallest absolute Gasteiger partial charge is 0.270 e. The van der Waals surface area contributed by atoms with Gasteiger partial charge in [-0.15, -0.1) is 0 Å². The van der Waals surface area contributed by atoms with Crippen molar-refractivity contribution in [3.05, 3.63) is 59.2 Å². The van der Waals surface area contributed by atoms with E-state index in [9.17, 15) is 9.90 Å². The van der Waals surface area contributed by atoms with Gasteiger partial charge in [-0.1, -0.05) is 24.3 Å². The minimum absolute atomic E-state index is 0.196. The van der Waals surface area contributed by atoms with Crippen LogP contribution in [0.15, 0.2) is 36.7 Å². The molecule has 1 fully saturated rings. The SMILES string of the molecule is O=C(NC[C@H](O)CN1Cc2ccccc2C1)c1cc(CC2COC2)ncn1. The topological polar surface area (TPSA) is 87.6 Å². The van der Waals surface area contributed by atoms with Crippen LogP contribution in [0.2, 0.25) is 0 Å². The largest absolute Gasteiger partial charge is 0.390 e. The van der Waals surface area contributed by atoms with E-state index in [1.54, 1.807) is 6.07 Å². The number of hydrogen-bond donors (Lipinski definition) is 2. The summed E-state index contributed by atoms with van der Waals surface area (Å²) in [6, 6.07) is 10.0. The Labute approximate surface area is 158 Å². The lowest BCUT2D eigenvalue weighted by Crippen LogP contribution is -2.38. The van der Waals surface area contributed by atoms with Gasteiger partial charge in [0.1, 0.15) is 12.0 Å². The van der Waals surface area contributed by atoms with Gasteiger partial charge < -0.3 is 15.2 Å². The highest BCUT2D eigenvalue weighted by atomic mass is 16.5. The second kappa shape index (κ2) is 8.12. The Morgan fingerprint density at radius 2 is 2.00 bits per heavy atom. The first-order valence-corrected chi connectivity index (χ1v) is 9.31. The predicted molar refractivity (Wildman–Crippen MR) is 98.9 cm³/mol. The summed E-state index contributed by atoms with van der Waals surface area (Å²) in [7, 11) is 0. The summed E-state index contributed by atoms with van der Waals surface area (Å²) in [5.74, 6) is 0.189. The van der Waals surface area contributed by atoms with Gasteiger partial charge in [0.25, 0.3) is 5.91 Å². The van der Waals surface area contributed by atoms with Gasteiger partial charge in [0.2, 0.25) is 0 Å². The number of fused-ring (bicyclic) bond motifs is 1. The second-order valence-electron chi connectivity index (χ2n) is 7.30. The molecular weight excluding hydrogens is 344 g/mol. The van der Waals surface area contributed by atoms with E-state index in [2.05, 4.69) is 32.3 Å². The van der Waals surface area contributed by atoms with Crippen LogP contribution in [0.25, 0.3) is 0 Å². The van der Waals surface area contributed by atoms with Crippen LogP contribution in [-0.2, 0) is 24.2 Å². The Morgan fingerprint density at radius 1 is 1.26 bits per heavy atom. The van der Waals surface area contributed by atoms with Crippen LogP contribution in [0, 0.1) is 5.92 Å². The average molecular weight is 368 g/mol. The zero-order valence-electron chi connectivity index (χ0n) is 15.2. The van der Waals surface area contributed by atoms with Crippen LogP contribution in [-0.4, -0.2) is 58.3 Å². The van der Waals surface area contributed by atoms with Gasteiger partial charge in [0.15, 0.2) is 0 Å². The van der Waals surface area contributed by atoms with E-state index in [-0.39, 0.29) is 12.5 Å². The first kappa shape index (κ1) is 18.0.